The van der Waals surface area contributed by atoms with Crippen molar-refractivity contribution >= 4 is 0 Å². The number of fused-ring (bicyclic) bond motifs is 1. The summed E-state index contributed by atoms with van der Waals surface area (Å²) in [6, 6.07) is 17.1. The predicted octanol–water partition coefficient (Wildman–Crippen LogP) is 5.32. The number of benzene rings is 2. The molecule has 0 aromatic heterocycles. The van der Waals surface area contributed by atoms with Crippen LogP contribution in [0.2, 0.25) is 0 Å². The largest absolute Gasteiger partial charge is 0.508 e. The molecule has 2 aromatic carbocycles. The Balaban J connectivity index is 1.48. The van der Waals surface area contributed by atoms with E-state index in [4.69, 9.17) is 0 Å². The third-order valence-corrected chi connectivity index (χ3v) is 7.11. The molecule has 0 spiro atoms. The van der Waals surface area contributed by atoms with Crippen LogP contribution in [0.1, 0.15) is 49.3 Å². The lowest BCUT2D eigenvalue weighted by atomic mass is 9.57. The summed E-state index contributed by atoms with van der Waals surface area (Å²) in [4.78, 5) is 2.68. The number of likely N-dealkylation sites (tertiary alicyclic amines) is 1. The minimum Gasteiger partial charge on any atom is -0.508 e. The Bertz CT molecular complexity index is 768. The Morgan fingerprint density at radius 3 is 2.70 bits per heavy atom. The summed E-state index contributed by atoms with van der Waals surface area (Å²) in [5.41, 5.74) is 4.42. The van der Waals surface area contributed by atoms with Crippen molar-refractivity contribution in [2.24, 2.45) is 11.8 Å². The van der Waals surface area contributed by atoms with E-state index in [0.29, 0.717) is 11.7 Å². The molecule has 1 saturated carbocycles. The van der Waals surface area contributed by atoms with Crippen molar-refractivity contribution < 1.29 is 5.11 Å². The molecule has 2 nitrogen and oxygen atoms in total. The van der Waals surface area contributed by atoms with Gasteiger partial charge in [-0.05, 0) is 74.2 Å². The molecule has 3 atom stereocenters. The van der Waals surface area contributed by atoms with Crippen LogP contribution in [0.3, 0.4) is 0 Å². The smallest absolute Gasteiger partial charge is 0.115 e. The van der Waals surface area contributed by atoms with Gasteiger partial charge in [-0.15, -0.1) is 0 Å². The molecule has 1 N–H and O–H groups in total. The molecular formula is C25H33NO. The Morgan fingerprint density at radius 2 is 1.93 bits per heavy atom. The van der Waals surface area contributed by atoms with Crippen LogP contribution >= 0.6 is 0 Å². The quantitative estimate of drug-likeness (QED) is 0.794. The van der Waals surface area contributed by atoms with Crippen LogP contribution in [0.5, 0.6) is 5.75 Å². The third-order valence-electron chi connectivity index (χ3n) is 7.11. The van der Waals surface area contributed by atoms with Gasteiger partial charge < -0.3 is 10.0 Å². The van der Waals surface area contributed by atoms with Crippen LogP contribution in [0.15, 0.2) is 48.5 Å². The van der Waals surface area contributed by atoms with Crippen LogP contribution in [-0.4, -0.2) is 29.6 Å². The van der Waals surface area contributed by atoms with Crippen molar-refractivity contribution in [3.8, 4) is 5.75 Å². The second kappa shape index (κ2) is 7.67. The molecule has 1 aliphatic heterocycles. The van der Waals surface area contributed by atoms with E-state index < -0.39 is 0 Å². The van der Waals surface area contributed by atoms with E-state index in [1.165, 1.54) is 55.5 Å². The maximum Gasteiger partial charge on any atom is 0.115 e. The van der Waals surface area contributed by atoms with Crippen LogP contribution in [0, 0.1) is 18.8 Å². The van der Waals surface area contributed by atoms with Crippen LogP contribution in [0.25, 0.3) is 0 Å². The molecule has 0 amide bonds. The van der Waals surface area contributed by atoms with E-state index in [1.54, 1.807) is 6.07 Å². The highest BCUT2D eigenvalue weighted by Crippen LogP contribution is 2.51. The summed E-state index contributed by atoms with van der Waals surface area (Å²) in [7, 11) is 0. The van der Waals surface area contributed by atoms with Crippen molar-refractivity contribution in [3.05, 3.63) is 65.2 Å². The lowest BCUT2D eigenvalue weighted by Gasteiger charge is -2.53. The first kappa shape index (κ1) is 18.6. The molecule has 2 aromatic rings. The summed E-state index contributed by atoms with van der Waals surface area (Å²) in [5, 5.41) is 10.1. The first-order valence-corrected chi connectivity index (χ1v) is 10.6. The highest BCUT2D eigenvalue weighted by Gasteiger charge is 2.47. The van der Waals surface area contributed by atoms with Gasteiger partial charge in [0.25, 0.3) is 0 Å². The topological polar surface area (TPSA) is 23.5 Å². The predicted molar refractivity (Wildman–Crippen MR) is 112 cm³/mol. The van der Waals surface area contributed by atoms with E-state index in [9.17, 15) is 5.11 Å². The van der Waals surface area contributed by atoms with Gasteiger partial charge in [0.15, 0.2) is 0 Å². The minimum absolute atomic E-state index is 0.261. The fourth-order valence-corrected chi connectivity index (χ4v) is 5.54. The Kier molecular flexibility index (Phi) is 5.27. The maximum absolute atomic E-state index is 10.1. The average Bonchev–Trinajstić information content (AvgIpc) is 2.67. The number of hydrogen-bond acceptors (Lipinski definition) is 2. The second-order valence-electron chi connectivity index (χ2n) is 9.08. The Labute approximate surface area is 164 Å². The van der Waals surface area contributed by atoms with Crippen molar-refractivity contribution in [1.82, 2.24) is 4.90 Å². The first-order chi connectivity index (χ1) is 13.0. The average molecular weight is 364 g/mol. The zero-order valence-corrected chi connectivity index (χ0v) is 16.8. The number of piperidine rings is 1. The molecule has 2 aliphatic rings. The standard InChI is InChI=1S/C25H33NO/c1-19-6-9-21(10-7-19)12-14-26-15-13-25(22-4-3-5-24(27)16-22)17-20(2)8-11-23(25)18-26/h3-7,9-10,16,20,23,27H,8,11-15,17-18H2,1-2H3/t20?,23-,25+/m1/s1. The van der Waals surface area contributed by atoms with E-state index in [0.717, 1.165) is 18.9 Å². The Hall–Kier alpha value is -1.80. The molecule has 0 bridgehead atoms. The van der Waals surface area contributed by atoms with Crippen LogP contribution in [-0.2, 0) is 11.8 Å². The van der Waals surface area contributed by atoms with Crippen molar-refractivity contribution in [2.75, 3.05) is 19.6 Å². The maximum atomic E-state index is 10.1. The van der Waals surface area contributed by atoms with Gasteiger partial charge in [0.1, 0.15) is 5.75 Å². The highest BCUT2D eigenvalue weighted by atomic mass is 16.3. The summed E-state index contributed by atoms with van der Waals surface area (Å²) in [6.07, 6.45) is 6.30. The monoisotopic (exact) mass is 363 g/mol. The number of phenolic OH excluding ortho intramolecular Hbond substituents is 1. The summed E-state index contributed by atoms with van der Waals surface area (Å²) in [6.45, 7) is 8.09. The molecule has 1 saturated heterocycles. The van der Waals surface area contributed by atoms with Gasteiger partial charge in [0, 0.05) is 18.5 Å². The van der Waals surface area contributed by atoms with Gasteiger partial charge in [-0.1, -0.05) is 55.3 Å². The molecule has 2 heteroatoms. The number of aromatic hydroxyl groups is 1. The second-order valence-corrected chi connectivity index (χ2v) is 9.08. The number of hydrogen-bond donors (Lipinski definition) is 1. The van der Waals surface area contributed by atoms with Crippen molar-refractivity contribution in [2.45, 2.75) is 51.4 Å². The Morgan fingerprint density at radius 1 is 1.11 bits per heavy atom. The molecule has 1 unspecified atom stereocenters. The molecule has 27 heavy (non-hydrogen) atoms. The molecule has 1 heterocycles. The van der Waals surface area contributed by atoms with E-state index in [2.05, 4.69) is 49.1 Å². The third kappa shape index (κ3) is 3.91. The fourth-order valence-electron chi connectivity index (χ4n) is 5.54. The van der Waals surface area contributed by atoms with Crippen LogP contribution in [0.4, 0.5) is 0 Å². The lowest BCUT2D eigenvalue weighted by molar-refractivity contribution is 0.0390. The van der Waals surface area contributed by atoms with Gasteiger partial charge in [0.05, 0.1) is 0 Å². The zero-order chi connectivity index (χ0) is 18.9. The van der Waals surface area contributed by atoms with Crippen LogP contribution < -0.4 is 0 Å². The molecule has 1 aliphatic carbocycles. The SMILES string of the molecule is Cc1ccc(CCN2CC[C@@]3(c4cccc(O)c4)CC(C)CC[C@@H]3C2)cc1. The van der Waals surface area contributed by atoms with Gasteiger partial charge in [-0.3, -0.25) is 0 Å². The van der Waals surface area contributed by atoms with Crippen molar-refractivity contribution in [1.29, 1.82) is 0 Å². The summed E-state index contributed by atoms with van der Waals surface area (Å²) >= 11 is 0. The van der Waals surface area contributed by atoms with Crippen molar-refractivity contribution in [3.63, 3.8) is 0 Å². The highest BCUT2D eigenvalue weighted by molar-refractivity contribution is 5.35. The van der Waals surface area contributed by atoms with Gasteiger partial charge in [-0.2, -0.15) is 0 Å². The molecular weight excluding hydrogens is 330 g/mol. The minimum atomic E-state index is 0.261. The molecule has 144 valence electrons. The fraction of sp³-hybridized carbons (Fsp3) is 0.520. The van der Waals surface area contributed by atoms with Gasteiger partial charge in [-0.25, -0.2) is 0 Å². The molecule has 0 radical (unpaired) electrons. The summed E-state index contributed by atoms with van der Waals surface area (Å²) in [5.74, 6) is 1.91. The normalized spacial score (nSPS) is 28.7. The van der Waals surface area contributed by atoms with Gasteiger partial charge >= 0.3 is 0 Å². The number of rotatable bonds is 4. The van der Waals surface area contributed by atoms with E-state index in [1.807, 2.05) is 12.1 Å². The van der Waals surface area contributed by atoms with E-state index >= 15 is 0 Å². The zero-order valence-electron chi connectivity index (χ0n) is 16.8. The summed E-state index contributed by atoms with van der Waals surface area (Å²) < 4.78 is 0. The number of phenols is 1. The first-order valence-electron chi connectivity index (χ1n) is 10.6. The molecule has 4 rings (SSSR count). The number of aryl methyl sites for hydroxylation is 1. The molecule has 2 fully saturated rings. The lowest BCUT2D eigenvalue weighted by Crippen LogP contribution is -2.52. The van der Waals surface area contributed by atoms with Gasteiger partial charge in [0.2, 0.25) is 0 Å². The van der Waals surface area contributed by atoms with E-state index in [-0.39, 0.29) is 5.41 Å². The number of nitrogens with zero attached hydrogens (tertiary/aromatic N) is 1.